The van der Waals surface area contributed by atoms with E-state index in [1.54, 1.807) is 26.5 Å². The first-order valence-corrected chi connectivity index (χ1v) is 24.0. The molecule has 0 aliphatic rings. The molecule has 1 atom stereocenters. The van der Waals surface area contributed by atoms with Gasteiger partial charge in [0.25, 0.3) is 23.6 Å². The van der Waals surface area contributed by atoms with Gasteiger partial charge in [-0.05, 0) is 83.6 Å². The van der Waals surface area contributed by atoms with Gasteiger partial charge in [-0.15, -0.1) is 0 Å². The van der Waals surface area contributed by atoms with Crippen molar-refractivity contribution in [3.63, 3.8) is 0 Å². The maximum Gasteiger partial charge on any atom is 0.332 e. The summed E-state index contributed by atoms with van der Waals surface area (Å²) in [6.07, 6.45) is 6.77. The van der Waals surface area contributed by atoms with E-state index in [4.69, 9.17) is 14.6 Å². The number of carbonyl (C=O) groups is 2. The molecule has 0 amide bonds. The van der Waals surface area contributed by atoms with Crippen molar-refractivity contribution in [2.45, 2.75) is 139 Å². The Morgan fingerprint density at radius 3 is 1.63 bits per heavy atom. The molecule has 70 heavy (non-hydrogen) atoms. The normalized spacial score (nSPS) is 11.6. The molecule has 4 aromatic heterocycles. The maximum atomic E-state index is 13.6. The molecule has 2 aromatic carbocycles. The SMILES string of the molecule is CC(=O)O.CC(C)CCc1c(-c2ccccc2C(C)C)cnc2c1c(=O)n(CCCOC=O)c(=O)n2C.CCCCn1c(=O)c2c(C(O)CC(C)C)c(-c3ccccc3C(C)C)cnc2n(C)c1=O.[Zn]. The Morgan fingerprint density at radius 2 is 1.16 bits per heavy atom. The number of aromatic nitrogens is 6. The molecular weight excluding hydrogens is 942 g/mol. The smallest absolute Gasteiger partial charge is 0.332 e. The molecule has 6 aromatic rings. The number of carboxylic acid groups (broad SMARTS) is 1. The molecule has 374 valence electrons. The van der Waals surface area contributed by atoms with E-state index in [1.165, 1.54) is 23.8 Å². The summed E-state index contributed by atoms with van der Waals surface area (Å²) in [6, 6.07) is 16.3. The fourth-order valence-electron chi connectivity index (χ4n) is 8.59. The van der Waals surface area contributed by atoms with Crippen molar-refractivity contribution in [2.24, 2.45) is 25.9 Å². The van der Waals surface area contributed by atoms with Crippen molar-refractivity contribution in [1.82, 2.24) is 28.2 Å². The van der Waals surface area contributed by atoms with Crippen LogP contribution in [0.15, 0.2) is 80.1 Å². The second kappa shape index (κ2) is 26.9. The fourth-order valence-corrected chi connectivity index (χ4v) is 8.59. The van der Waals surface area contributed by atoms with E-state index < -0.39 is 17.8 Å². The molecule has 0 radical (unpaired) electrons. The van der Waals surface area contributed by atoms with Crippen LogP contribution in [-0.2, 0) is 67.4 Å². The number of aliphatic hydroxyl groups is 1. The number of carbonyl (C=O) groups excluding carboxylic acids is 1. The van der Waals surface area contributed by atoms with Gasteiger partial charge in [0.2, 0.25) is 0 Å². The van der Waals surface area contributed by atoms with Crippen molar-refractivity contribution in [1.29, 1.82) is 0 Å². The molecule has 0 fully saturated rings. The topological polar surface area (TPSA) is 198 Å². The minimum absolute atomic E-state index is 0. The summed E-state index contributed by atoms with van der Waals surface area (Å²) >= 11 is 0. The first kappa shape index (κ1) is 58.5. The summed E-state index contributed by atoms with van der Waals surface area (Å²) < 4.78 is 10.1. The van der Waals surface area contributed by atoms with Crippen LogP contribution in [-0.4, -0.2) is 57.5 Å². The van der Waals surface area contributed by atoms with Crippen LogP contribution in [0.3, 0.4) is 0 Å². The van der Waals surface area contributed by atoms with Gasteiger partial charge < -0.3 is 14.9 Å². The van der Waals surface area contributed by atoms with Gasteiger partial charge in [-0.25, -0.2) is 19.6 Å². The first-order chi connectivity index (χ1) is 32.7. The van der Waals surface area contributed by atoms with Crippen LogP contribution in [0.4, 0.5) is 0 Å². The van der Waals surface area contributed by atoms with Gasteiger partial charge in [0.1, 0.15) is 11.3 Å². The van der Waals surface area contributed by atoms with E-state index in [0.717, 1.165) is 59.6 Å². The predicted octanol–water partition coefficient (Wildman–Crippen LogP) is 8.89. The van der Waals surface area contributed by atoms with Crippen LogP contribution in [0, 0.1) is 11.8 Å². The summed E-state index contributed by atoms with van der Waals surface area (Å²) in [7, 11) is 3.28. The third kappa shape index (κ3) is 13.9. The summed E-state index contributed by atoms with van der Waals surface area (Å²) in [5.74, 6) is 0.427. The van der Waals surface area contributed by atoms with Gasteiger partial charge in [0, 0.05) is 82.7 Å². The Bertz CT molecular complexity index is 2980. The number of fused-ring (bicyclic) bond motifs is 2. The summed E-state index contributed by atoms with van der Waals surface area (Å²) in [5.41, 5.74) is 6.77. The Labute approximate surface area is 423 Å². The second-order valence-electron chi connectivity index (χ2n) is 19.0. The second-order valence-corrected chi connectivity index (χ2v) is 19.0. The van der Waals surface area contributed by atoms with Crippen molar-refractivity contribution < 1.29 is 44.0 Å². The predicted molar refractivity (Wildman–Crippen MR) is 274 cm³/mol. The first-order valence-electron chi connectivity index (χ1n) is 24.0. The number of benzene rings is 2. The number of ether oxygens (including phenoxy) is 1. The Hall–Kier alpha value is -5.86. The number of pyridine rings is 2. The molecular formula is C54H72N6O9Zn. The van der Waals surface area contributed by atoms with Crippen LogP contribution in [0.5, 0.6) is 0 Å². The van der Waals surface area contributed by atoms with Crippen LogP contribution < -0.4 is 22.5 Å². The molecule has 16 heteroatoms. The Morgan fingerprint density at radius 1 is 0.700 bits per heavy atom. The monoisotopic (exact) mass is 1010 g/mol. The minimum atomic E-state index is -0.847. The van der Waals surface area contributed by atoms with E-state index >= 15 is 0 Å². The Balaban J connectivity index is 0.000000340. The van der Waals surface area contributed by atoms with E-state index in [1.807, 2.05) is 51.1 Å². The third-order valence-corrected chi connectivity index (χ3v) is 12.0. The summed E-state index contributed by atoms with van der Waals surface area (Å²) in [6.45, 7) is 21.1. The number of aryl methyl sites for hydroxylation is 3. The standard InChI is InChI=1S/C26H33N3O4.C26H35N3O3.C2H4O2.Zn/c1-17(2)11-12-21-22(20-10-7-6-9-19(20)18(3)4)15-27-24-23(21)25(31)29(26(32)28(24)5)13-8-14-33-16-30;1-7-8-13-29-25(31)23-22(21(30)14-16(2)3)20(15-27-24(23)28(6)26(29)32)19-12-10-9-11-18(19)17(4)5;1-2(3)4;/h6-7,9-10,15-18H,8,11-14H2,1-5H3;9-12,15-17,21,30H,7-8,13-14H2,1-6H3;1H3,(H,3,4);. The Kier molecular flexibility index (Phi) is 22.5. The molecule has 0 spiro atoms. The molecule has 0 bridgehead atoms. The fraction of sp³-hybridized carbons (Fsp3) is 0.481. The molecule has 1 unspecified atom stereocenters. The zero-order valence-electron chi connectivity index (χ0n) is 43.2. The largest absolute Gasteiger partial charge is 0.481 e. The molecule has 0 aliphatic carbocycles. The summed E-state index contributed by atoms with van der Waals surface area (Å²) in [5, 5.41) is 19.6. The maximum absolute atomic E-state index is 13.6. The number of aliphatic carboxylic acids is 1. The molecule has 0 aliphatic heterocycles. The zero-order valence-corrected chi connectivity index (χ0v) is 46.2. The van der Waals surface area contributed by atoms with E-state index in [-0.39, 0.29) is 61.3 Å². The van der Waals surface area contributed by atoms with E-state index in [0.29, 0.717) is 71.7 Å². The van der Waals surface area contributed by atoms with E-state index in [9.17, 15) is 29.1 Å². The van der Waals surface area contributed by atoms with Crippen LogP contribution >= 0.6 is 0 Å². The number of hydrogen-bond donors (Lipinski definition) is 2. The number of hydrogen-bond acceptors (Lipinski definition) is 10. The van der Waals surface area contributed by atoms with Crippen LogP contribution in [0.2, 0.25) is 0 Å². The number of carboxylic acids is 1. The van der Waals surface area contributed by atoms with Gasteiger partial charge >= 0.3 is 11.4 Å². The van der Waals surface area contributed by atoms with Gasteiger partial charge in [-0.3, -0.25) is 37.4 Å². The van der Waals surface area contributed by atoms with Crippen molar-refractivity contribution in [3.8, 4) is 22.3 Å². The van der Waals surface area contributed by atoms with Crippen LogP contribution in [0.25, 0.3) is 44.3 Å². The van der Waals surface area contributed by atoms with E-state index in [2.05, 4.69) is 69.7 Å². The number of unbranched alkanes of at least 4 members (excludes halogenated alkanes) is 1. The summed E-state index contributed by atoms with van der Waals surface area (Å²) in [4.78, 5) is 81.7. The van der Waals surface area contributed by atoms with Crippen molar-refractivity contribution in [2.75, 3.05) is 6.61 Å². The van der Waals surface area contributed by atoms with Gasteiger partial charge in [0.05, 0.1) is 23.5 Å². The molecule has 0 saturated heterocycles. The quantitative estimate of drug-likeness (QED) is 0.0474. The molecule has 15 nitrogen and oxygen atoms in total. The van der Waals surface area contributed by atoms with Crippen molar-refractivity contribution >= 4 is 34.5 Å². The van der Waals surface area contributed by atoms with Gasteiger partial charge in [-0.2, -0.15) is 0 Å². The van der Waals surface area contributed by atoms with Gasteiger partial charge in [0.15, 0.2) is 0 Å². The van der Waals surface area contributed by atoms with Crippen LogP contribution in [0.1, 0.15) is 142 Å². The molecule has 0 saturated carbocycles. The van der Waals surface area contributed by atoms with Crippen molar-refractivity contribution in [3.05, 3.63) is 125 Å². The number of nitrogens with zero attached hydrogens (tertiary/aromatic N) is 6. The number of aliphatic hydroxyl groups excluding tert-OH is 1. The average molecular weight is 1010 g/mol. The molecule has 2 N–H and O–H groups in total. The minimum Gasteiger partial charge on any atom is -0.481 e. The number of rotatable bonds is 18. The average Bonchev–Trinajstić information content (AvgIpc) is 3.30. The molecule has 6 rings (SSSR count). The zero-order chi connectivity index (χ0) is 51.3. The molecule has 4 heterocycles. The third-order valence-electron chi connectivity index (χ3n) is 12.0. The van der Waals surface area contributed by atoms with Gasteiger partial charge in [-0.1, -0.05) is 117 Å².